The molecule has 6 nitrogen and oxygen atoms in total. The topological polar surface area (TPSA) is 58.1 Å². The second-order valence-electron chi connectivity index (χ2n) is 4.89. The molecule has 112 valence electrons. The van der Waals surface area contributed by atoms with Crippen molar-refractivity contribution >= 4 is 5.96 Å². The van der Waals surface area contributed by atoms with Gasteiger partial charge in [0.1, 0.15) is 0 Å². The van der Waals surface area contributed by atoms with Crippen LogP contribution in [0.5, 0.6) is 0 Å². The van der Waals surface area contributed by atoms with E-state index in [9.17, 15) is 0 Å². The molecule has 1 aliphatic heterocycles. The molecule has 0 spiro atoms. The predicted octanol–water partition coefficient (Wildman–Crippen LogP) is -0.234. The quantitative estimate of drug-likeness (QED) is 0.381. The zero-order chi connectivity index (χ0) is 13.9. The van der Waals surface area contributed by atoms with Crippen LogP contribution in [-0.2, 0) is 9.47 Å². The van der Waals surface area contributed by atoms with Crippen LogP contribution in [0.25, 0.3) is 0 Å². The fraction of sp³-hybridized carbons (Fsp3) is 0.923. The maximum atomic E-state index is 5.35. The van der Waals surface area contributed by atoms with Crippen LogP contribution < -0.4 is 10.6 Å². The van der Waals surface area contributed by atoms with Crippen LogP contribution in [0.2, 0.25) is 0 Å². The van der Waals surface area contributed by atoms with Gasteiger partial charge < -0.3 is 20.1 Å². The summed E-state index contributed by atoms with van der Waals surface area (Å²) in [5, 5.41) is 6.55. The molecule has 0 aromatic carbocycles. The second kappa shape index (κ2) is 10.00. The monoisotopic (exact) mass is 272 g/mol. The third kappa shape index (κ3) is 7.34. The van der Waals surface area contributed by atoms with E-state index < -0.39 is 0 Å². The van der Waals surface area contributed by atoms with Crippen molar-refractivity contribution in [3.8, 4) is 0 Å². The highest BCUT2D eigenvalue weighted by Crippen LogP contribution is 2.02. The van der Waals surface area contributed by atoms with Gasteiger partial charge >= 0.3 is 0 Å². The van der Waals surface area contributed by atoms with E-state index in [-0.39, 0.29) is 0 Å². The number of morpholine rings is 1. The largest absolute Gasteiger partial charge is 0.383 e. The third-order valence-electron chi connectivity index (χ3n) is 3.11. The predicted molar refractivity (Wildman–Crippen MR) is 77.7 cm³/mol. The maximum absolute atomic E-state index is 5.35. The van der Waals surface area contributed by atoms with Crippen molar-refractivity contribution in [2.45, 2.75) is 6.92 Å². The molecule has 1 heterocycles. The number of ether oxygens (including phenoxy) is 2. The smallest absolute Gasteiger partial charge is 0.191 e. The molecule has 2 N–H and O–H groups in total. The van der Waals surface area contributed by atoms with Gasteiger partial charge in [-0.25, -0.2) is 0 Å². The average Bonchev–Trinajstić information content (AvgIpc) is 2.44. The molecule has 0 saturated carbocycles. The molecular formula is C13H28N4O2. The van der Waals surface area contributed by atoms with Crippen molar-refractivity contribution in [2.75, 3.05) is 66.7 Å². The zero-order valence-electron chi connectivity index (χ0n) is 12.4. The lowest BCUT2D eigenvalue weighted by atomic mass is 10.1. The number of hydrogen-bond acceptors (Lipinski definition) is 4. The number of nitrogens with one attached hydrogen (secondary N) is 2. The SMILES string of the molecule is CN=C(NCCOC)NCC(C)CN1CCOCC1. The fourth-order valence-electron chi connectivity index (χ4n) is 2.05. The lowest BCUT2D eigenvalue weighted by Crippen LogP contribution is -2.44. The van der Waals surface area contributed by atoms with E-state index in [0.29, 0.717) is 12.5 Å². The number of guanidine groups is 1. The molecule has 0 bridgehead atoms. The molecule has 0 radical (unpaired) electrons. The number of aliphatic imine (C=N–C) groups is 1. The molecule has 1 aliphatic rings. The summed E-state index contributed by atoms with van der Waals surface area (Å²) in [7, 11) is 3.48. The van der Waals surface area contributed by atoms with E-state index in [1.54, 1.807) is 14.2 Å². The zero-order valence-corrected chi connectivity index (χ0v) is 12.4. The van der Waals surface area contributed by atoms with Gasteiger partial charge in [0, 0.05) is 46.9 Å². The Morgan fingerprint density at radius 1 is 1.37 bits per heavy atom. The third-order valence-corrected chi connectivity index (χ3v) is 3.11. The first-order chi connectivity index (χ1) is 9.26. The van der Waals surface area contributed by atoms with Crippen molar-refractivity contribution in [3.05, 3.63) is 0 Å². The number of rotatable bonds is 7. The highest BCUT2D eigenvalue weighted by molar-refractivity contribution is 5.79. The van der Waals surface area contributed by atoms with E-state index in [4.69, 9.17) is 9.47 Å². The normalized spacial score (nSPS) is 19.2. The van der Waals surface area contributed by atoms with Gasteiger partial charge in [0.25, 0.3) is 0 Å². The van der Waals surface area contributed by atoms with Crippen LogP contribution in [0.15, 0.2) is 4.99 Å². The van der Waals surface area contributed by atoms with Gasteiger partial charge in [-0.2, -0.15) is 0 Å². The Kier molecular flexibility index (Phi) is 8.53. The Morgan fingerprint density at radius 2 is 2.11 bits per heavy atom. The van der Waals surface area contributed by atoms with Crippen molar-refractivity contribution < 1.29 is 9.47 Å². The van der Waals surface area contributed by atoms with Gasteiger partial charge in [0.2, 0.25) is 0 Å². The highest BCUT2D eigenvalue weighted by Gasteiger charge is 2.13. The van der Waals surface area contributed by atoms with Crippen molar-refractivity contribution in [1.29, 1.82) is 0 Å². The lowest BCUT2D eigenvalue weighted by molar-refractivity contribution is 0.0320. The number of methoxy groups -OCH3 is 1. The average molecular weight is 272 g/mol. The van der Waals surface area contributed by atoms with Gasteiger partial charge in [0.05, 0.1) is 19.8 Å². The molecular weight excluding hydrogens is 244 g/mol. The summed E-state index contributed by atoms with van der Waals surface area (Å²) >= 11 is 0. The van der Waals surface area contributed by atoms with E-state index in [1.165, 1.54) is 0 Å². The van der Waals surface area contributed by atoms with Gasteiger partial charge in [-0.15, -0.1) is 0 Å². The number of hydrogen-bond donors (Lipinski definition) is 2. The van der Waals surface area contributed by atoms with Gasteiger partial charge in [-0.1, -0.05) is 6.92 Å². The lowest BCUT2D eigenvalue weighted by Gasteiger charge is -2.29. The van der Waals surface area contributed by atoms with Crippen LogP contribution in [0.3, 0.4) is 0 Å². The van der Waals surface area contributed by atoms with E-state index in [1.807, 2.05) is 0 Å². The van der Waals surface area contributed by atoms with Crippen LogP contribution in [0.4, 0.5) is 0 Å². The standard InChI is InChI=1S/C13H28N4O2/c1-12(11-17-5-8-19-9-6-17)10-16-13(14-2)15-4-7-18-3/h12H,4-11H2,1-3H3,(H2,14,15,16). The van der Waals surface area contributed by atoms with Crippen LogP contribution >= 0.6 is 0 Å². The minimum Gasteiger partial charge on any atom is -0.383 e. The first-order valence-corrected chi connectivity index (χ1v) is 6.99. The van der Waals surface area contributed by atoms with Crippen LogP contribution in [0.1, 0.15) is 6.92 Å². The molecule has 1 saturated heterocycles. The Morgan fingerprint density at radius 3 is 2.74 bits per heavy atom. The highest BCUT2D eigenvalue weighted by atomic mass is 16.5. The Labute approximate surface area is 116 Å². The summed E-state index contributed by atoms with van der Waals surface area (Å²) in [6.45, 7) is 9.55. The Bertz CT molecular complexity index is 255. The van der Waals surface area contributed by atoms with Crippen molar-refractivity contribution in [2.24, 2.45) is 10.9 Å². The van der Waals surface area contributed by atoms with E-state index in [0.717, 1.165) is 51.9 Å². The van der Waals surface area contributed by atoms with Crippen molar-refractivity contribution in [3.63, 3.8) is 0 Å². The molecule has 1 fully saturated rings. The van der Waals surface area contributed by atoms with E-state index >= 15 is 0 Å². The second-order valence-corrected chi connectivity index (χ2v) is 4.89. The molecule has 6 heteroatoms. The molecule has 1 rings (SSSR count). The summed E-state index contributed by atoms with van der Waals surface area (Å²) < 4.78 is 10.4. The molecule has 1 unspecified atom stereocenters. The summed E-state index contributed by atoms with van der Waals surface area (Å²) in [5.41, 5.74) is 0. The molecule has 0 amide bonds. The first kappa shape index (κ1) is 16.2. The Hall–Kier alpha value is -0.850. The summed E-state index contributed by atoms with van der Waals surface area (Å²) in [5.74, 6) is 1.42. The van der Waals surface area contributed by atoms with Gasteiger partial charge in [-0.05, 0) is 5.92 Å². The van der Waals surface area contributed by atoms with E-state index in [2.05, 4.69) is 27.4 Å². The fourth-order valence-corrected chi connectivity index (χ4v) is 2.05. The molecule has 0 aromatic heterocycles. The van der Waals surface area contributed by atoms with Gasteiger partial charge in [0.15, 0.2) is 5.96 Å². The Balaban J connectivity index is 2.14. The van der Waals surface area contributed by atoms with Gasteiger partial charge in [-0.3, -0.25) is 9.89 Å². The molecule has 0 aromatic rings. The van der Waals surface area contributed by atoms with Crippen LogP contribution in [-0.4, -0.2) is 77.6 Å². The minimum absolute atomic E-state index is 0.582. The van der Waals surface area contributed by atoms with Crippen molar-refractivity contribution in [1.82, 2.24) is 15.5 Å². The summed E-state index contributed by atoms with van der Waals surface area (Å²) in [6.07, 6.45) is 0. The molecule has 0 aliphatic carbocycles. The first-order valence-electron chi connectivity index (χ1n) is 6.99. The summed E-state index contributed by atoms with van der Waals surface area (Å²) in [4.78, 5) is 6.64. The maximum Gasteiger partial charge on any atom is 0.191 e. The molecule has 1 atom stereocenters. The minimum atomic E-state index is 0.582. The molecule has 19 heavy (non-hydrogen) atoms. The van der Waals surface area contributed by atoms with Crippen LogP contribution in [0, 0.1) is 5.92 Å². The summed E-state index contributed by atoms with van der Waals surface area (Å²) in [6, 6.07) is 0. The number of nitrogens with zero attached hydrogens (tertiary/aromatic N) is 2.